The highest BCUT2D eigenvalue weighted by Crippen LogP contribution is 2.39. The van der Waals surface area contributed by atoms with Gasteiger partial charge < -0.3 is 19.6 Å². The van der Waals surface area contributed by atoms with Gasteiger partial charge >= 0.3 is 0 Å². The SMILES string of the molecule is CCN(CC)CCN1C(=O)C(=O)C(=C(O)c2ccncc2)[C@@H]1c1ccc(OC)cc1. The molecule has 7 nitrogen and oxygen atoms in total. The van der Waals surface area contributed by atoms with Gasteiger partial charge in [-0.25, -0.2) is 0 Å². The number of aromatic nitrogens is 1. The number of benzene rings is 1. The average molecular weight is 409 g/mol. The molecule has 0 radical (unpaired) electrons. The Morgan fingerprint density at radius 1 is 1.10 bits per heavy atom. The van der Waals surface area contributed by atoms with Crippen molar-refractivity contribution in [1.29, 1.82) is 0 Å². The molecule has 0 unspecified atom stereocenters. The van der Waals surface area contributed by atoms with Crippen molar-refractivity contribution < 1.29 is 19.4 Å². The number of rotatable bonds is 8. The molecule has 1 N–H and O–H groups in total. The summed E-state index contributed by atoms with van der Waals surface area (Å²) in [5.74, 6) is -0.793. The quantitative estimate of drug-likeness (QED) is 0.410. The minimum Gasteiger partial charge on any atom is -0.507 e. The third-order valence-corrected chi connectivity index (χ3v) is 5.48. The fourth-order valence-corrected chi connectivity index (χ4v) is 3.70. The lowest BCUT2D eigenvalue weighted by molar-refractivity contribution is -0.140. The summed E-state index contributed by atoms with van der Waals surface area (Å²) in [6.07, 6.45) is 3.07. The lowest BCUT2D eigenvalue weighted by atomic mass is 9.95. The van der Waals surface area contributed by atoms with E-state index in [4.69, 9.17) is 4.74 Å². The van der Waals surface area contributed by atoms with Gasteiger partial charge in [-0.3, -0.25) is 14.6 Å². The topological polar surface area (TPSA) is 83.0 Å². The van der Waals surface area contributed by atoms with Crippen LogP contribution in [-0.4, -0.2) is 64.9 Å². The summed E-state index contributed by atoms with van der Waals surface area (Å²) in [6, 6.07) is 9.77. The fraction of sp³-hybridized carbons (Fsp3) is 0.348. The van der Waals surface area contributed by atoms with Gasteiger partial charge in [-0.1, -0.05) is 26.0 Å². The normalized spacial score (nSPS) is 18.3. The Bertz CT molecular complexity index is 921. The van der Waals surface area contributed by atoms with Gasteiger partial charge in [0.1, 0.15) is 11.5 Å². The summed E-state index contributed by atoms with van der Waals surface area (Å²) in [6.45, 7) is 6.84. The number of hydrogen-bond donors (Lipinski definition) is 1. The molecular weight excluding hydrogens is 382 g/mol. The number of aliphatic hydroxyl groups is 1. The number of pyridine rings is 1. The van der Waals surface area contributed by atoms with E-state index in [0.29, 0.717) is 24.4 Å². The fourth-order valence-electron chi connectivity index (χ4n) is 3.70. The van der Waals surface area contributed by atoms with Crippen molar-refractivity contribution in [3.05, 3.63) is 65.5 Å². The van der Waals surface area contributed by atoms with Crippen LogP contribution in [0.4, 0.5) is 0 Å². The maximum atomic E-state index is 13.0. The van der Waals surface area contributed by atoms with Crippen LogP contribution in [0.1, 0.15) is 31.0 Å². The summed E-state index contributed by atoms with van der Waals surface area (Å²) in [5, 5.41) is 10.9. The summed E-state index contributed by atoms with van der Waals surface area (Å²) in [5.41, 5.74) is 1.28. The summed E-state index contributed by atoms with van der Waals surface area (Å²) in [7, 11) is 1.58. The lowest BCUT2D eigenvalue weighted by Crippen LogP contribution is -2.38. The van der Waals surface area contributed by atoms with Crippen molar-refractivity contribution in [2.75, 3.05) is 33.3 Å². The van der Waals surface area contributed by atoms with Crippen LogP contribution in [0.5, 0.6) is 5.75 Å². The van der Waals surface area contributed by atoms with E-state index < -0.39 is 17.7 Å². The molecule has 0 aliphatic carbocycles. The van der Waals surface area contributed by atoms with Crippen LogP contribution in [-0.2, 0) is 9.59 Å². The lowest BCUT2D eigenvalue weighted by Gasteiger charge is -2.28. The number of likely N-dealkylation sites (tertiary alicyclic amines) is 1. The molecule has 1 aromatic carbocycles. The van der Waals surface area contributed by atoms with Crippen LogP contribution in [0.2, 0.25) is 0 Å². The predicted octanol–water partition coefficient (Wildman–Crippen LogP) is 2.85. The molecule has 2 aromatic rings. The highest BCUT2D eigenvalue weighted by Gasteiger charge is 2.45. The van der Waals surface area contributed by atoms with E-state index in [0.717, 1.165) is 18.7 Å². The number of amides is 1. The first kappa shape index (κ1) is 21.5. The van der Waals surface area contributed by atoms with E-state index in [2.05, 4.69) is 23.7 Å². The first-order valence-corrected chi connectivity index (χ1v) is 10.1. The first-order valence-electron chi connectivity index (χ1n) is 10.1. The molecule has 30 heavy (non-hydrogen) atoms. The molecule has 3 rings (SSSR count). The number of carbonyl (C=O) groups is 2. The van der Waals surface area contributed by atoms with E-state index in [1.807, 2.05) is 12.1 Å². The molecule has 7 heteroatoms. The molecule has 1 fully saturated rings. The molecule has 1 atom stereocenters. The number of ketones is 1. The zero-order valence-corrected chi connectivity index (χ0v) is 17.5. The monoisotopic (exact) mass is 409 g/mol. The van der Waals surface area contributed by atoms with Crippen molar-refractivity contribution in [2.24, 2.45) is 0 Å². The largest absolute Gasteiger partial charge is 0.507 e. The number of hydrogen-bond acceptors (Lipinski definition) is 6. The number of ether oxygens (including phenoxy) is 1. The van der Waals surface area contributed by atoms with Crippen molar-refractivity contribution in [2.45, 2.75) is 19.9 Å². The van der Waals surface area contributed by atoms with Crippen molar-refractivity contribution >= 4 is 17.4 Å². The second kappa shape index (κ2) is 9.54. The van der Waals surface area contributed by atoms with E-state index in [-0.39, 0.29) is 11.3 Å². The summed E-state index contributed by atoms with van der Waals surface area (Å²) >= 11 is 0. The molecular formula is C23H27N3O4. The average Bonchev–Trinajstić information content (AvgIpc) is 3.04. The second-order valence-corrected chi connectivity index (χ2v) is 7.03. The molecule has 1 amide bonds. The van der Waals surface area contributed by atoms with Crippen LogP contribution in [0.15, 0.2) is 54.4 Å². The van der Waals surface area contributed by atoms with Gasteiger partial charge in [0.2, 0.25) is 0 Å². The first-order chi connectivity index (χ1) is 14.5. The molecule has 0 bridgehead atoms. The zero-order chi connectivity index (χ0) is 21.7. The van der Waals surface area contributed by atoms with Gasteiger partial charge in [0.05, 0.1) is 18.7 Å². The Morgan fingerprint density at radius 3 is 2.30 bits per heavy atom. The number of Topliss-reactive ketones (excluding diaryl/α,β-unsaturated/α-hetero) is 1. The number of aliphatic hydroxyl groups excluding tert-OH is 1. The smallest absolute Gasteiger partial charge is 0.295 e. The van der Waals surface area contributed by atoms with Gasteiger partial charge in [0, 0.05) is 31.0 Å². The molecule has 1 aromatic heterocycles. The van der Waals surface area contributed by atoms with Crippen molar-refractivity contribution in [3.63, 3.8) is 0 Å². The Labute approximate surface area is 176 Å². The highest BCUT2D eigenvalue weighted by molar-refractivity contribution is 6.46. The third kappa shape index (κ3) is 4.21. The van der Waals surface area contributed by atoms with E-state index in [9.17, 15) is 14.7 Å². The number of likely N-dealkylation sites (N-methyl/N-ethyl adjacent to an activating group) is 1. The Morgan fingerprint density at radius 2 is 1.73 bits per heavy atom. The van der Waals surface area contributed by atoms with Crippen LogP contribution >= 0.6 is 0 Å². The predicted molar refractivity (Wildman–Crippen MR) is 114 cm³/mol. The van der Waals surface area contributed by atoms with E-state index >= 15 is 0 Å². The highest BCUT2D eigenvalue weighted by atomic mass is 16.5. The minimum atomic E-state index is -0.676. The molecule has 1 saturated heterocycles. The maximum absolute atomic E-state index is 13.0. The molecule has 158 valence electrons. The van der Waals surface area contributed by atoms with Crippen molar-refractivity contribution in [3.8, 4) is 5.75 Å². The summed E-state index contributed by atoms with van der Waals surface area (Å²) < 4.78 is 5.23. The van der Waals surface area contributed by atoms with Gasteiger partial charge in [-0.2, -0.15) is 0 Å². The van der Waals surface area contributed by atoms with Crippen molar-refractivity contribution in [1.82, 2.24) is 14.8 Å². The van der Waals surface area contributed by atoms with E-state index in [1.165, 1.54) is 12.4 Å². The Hall–Kier alpha value is -3.19. The maximum Gasteiger partial charge on any atom is 0.295 e. The number of carbonyl (C=O) groups excluding carboxylic acids is 2. The molecule has 0 saturated carbocycles. The van der Waals surface area contributed by atoms with Crippen LogP contribution in [0.25, 0.3) is 5.76 Å². The summed E-state index contributed by atoms with van der Waals surface area (Å²) in [4.78, 5) is 33.6. The van der Waals surface area contributed by atoms with Gasteiger partial charge in [0.25, 0.3) is 11.7 Å². The van der Waals surface area contributed by atoms with Crippen LogP contribution in [0.3, 0.4) is 0 Å². The minimum absolute atomic E-state index is 0.0934. The molecule has 0 spiro atoms. The van der Waals surface area contributed by atoms with Crippen LogP contribution < -0.4 is 4.74 Å². The zero-order valence-electron chi connectivity index (χ0n) is 17.5. The molecule has 1 aliphatic heterocycles. The van der Waals surface area contributed by atoms with Gasteiger partial charge in [-0.15, -0.1) is 0 Å². The Kier molecular flexibility index (Phi) is 6.84. The standard InChI is InChI=1S/C23H27N3O4/c1-4-25(5-2)14-15-26-20(16-6-8-18(30-3)9-7-16)19(22(28)23(26)29)21(27)17-10-12-24-13-11-17/h6-13,20,27H,4-5,14-15H2,1-3H3/t20-/m0/s1. The van der Waals surface area contributed by atoms with Gasteiger partial charge in [-0.05, 0) is 42.9 Å². The molecule has 2 heterocycles. The third-order valence-electron chi connectivity index (χ3n) is 5.48. The number of nitrogens with zero attached hydrogens (tertiary/aromatic N) is 3. The van der Waals surface area contributed by atoms with Gasteiger partial charge in [0.15, 0.2) is 0 Å². The second-order valence-electron chi connectivity index (χ2n) is 7.03. The van der Waals surface area contributed by atoms with Crippen LogP contribution in [0, 0.1) is 0 Å². The van der Waals surface area contributed by atoms with E-state index in [1.54, 1.807) is 36.3 Å². The Balaban J connectivity index is 2.07. The molecule has 1 aliphatic rings. The number of methoxy groups -OCH3 is 1.